The third-order valence-electron chi connectivity index (χ3n) is 7.45. The lowest BCUT2D eigenvalue weighted by molar-refractivity contribution is -0.208. The van der Waals surface area contributed by atoms with E-state index in [1.807, 2.05) is 0 Å². The molecule has 3 rings (SSSR count). The average Bonchev–Trinajstić information content (AvgIpc) is 3.21. The van der Waals surface area contributed by atoms with Crippen LogP contribution in [0.15, 0.2) is 18.2 Å². The topological polar surface area (TPSA) is 70.6 Å². The molecule has 1 heterocycles. The van der Waals surface area contributed by atoms with Gasteiger partial charge < -0.3 is 20.5 Å². The summed E-state index contributed by atoms with van der Waals surface area (Å²) in [6, 6.07) is -0.603. The number of aliphatic hydroxyl groups is 1. The molecule has 1 aromatic carbocycles. The van der Waals surface area contributed by atoms with Gasteiger partial charge in [0.15, 0.2) is 0 Å². The van der Waals surface area contributed by atoms with Crippen molar-refractivity contribution in [2.45, 2.75) is 82.3 Å². The van der Waals surface area contributed by atoms with E-state index in [1.54, 1.807) is 0 Å². The van der Waals surface area contributed by atoms with Crippen LogP contribution in [0.25, 0.3) is 0 Å². The van der Waals surface area contributed by atoms with Crippen molar-refractivity contribution in [1.29, 1.82) is 0 Å². The molecular weight excluding hydrogens is 535 g/mol. The van der Waals surface area contributed by atoms with Crippen molar-refractivity contribution in [3.63, 3.8) is 0 Å². The Morgan fingerprint density at radius 3 is 2.08 bits per heavy atom. The molecule has 1 aliphatic carbocycles. The Morgan fingerprint density at radius 1 is 1.00 bits per heavy atom. The minimum absolute atomic E-state index is 0.0264. The van der Waals surface area contributed by atoms with Crippen molar-refractivity contribution in [2.75, 3.05) is 13.2 Å². The van der Waals surface area contributed by atoms with Crippen LogP contribution in [0.4, 0.5) is 39.5 Å². The molecule has 5 nitrogen and oxygen atoms in total. The first-order valence-electron chi connectivity index (χ1n) is 11.9. The third-order valence-corrected chi connectivity index (χ3v) is 7.45. The van der Waals surface area contributed by atoms with E-state index in [4.69, 9.17) is 4.74 Å². The molecule has 2 fully saturated rings. The zero-order valence-corrected chi connectivity index (χ0v) is 20.6. The number of ether oxygens (including phenoxy) is 1. The monoisotopic (exact) mass is 564 g/mol. The van der Waals surface area contributed by atoms with Gasteiger partial charge in [0, 0.05) is 25.2 Å². The molecule has 0 radical (unpaired) electrons. The minimum Gasteiger partial charge on any atom is -0.389 e. The largest absolute Gasteiger partial charge is 0.416 e. The van der Waals surface area contributed by atoms with E-state index in [2.05, 4.69) is 10.6 Å². The number of hydrogen-bond acceptors (Lipinski definition) is 4. The molecule has 2 aliphatic rings. The Balaban J connectivity index is 1.78. The summed E-state index contributed by atoms with van der Waals surface area (Å²) >= 11 is 0. The van der Waals surface area contributed by atoms with Gasteiger partial charge in [0.1, 0.15) is 0 Å². The second-order valence-corrected chi connectivity index (χ2v) is 10.5. The Morgan fingerprint density at radius 2 is 1.58 bits per heavy atom. The zero-order chi connectivity index (χ0) is 28.7. The highest BCUT2D eigenvalue weighted by molar-refractivity contribution is 5.84. The van der Waals surface area contributed by atoms with Crippen LogP contribution < -0.4 is 10.6 Å². The van der Waals surface area contributed by atoms with Crippen LogP contribution in [0, 0.1) is 11.3 Å². The zero-order valence-electron chi connectivity index (χ0n) is 20.6. The summed E-state index contributed by atoms with van der Waals surface area (Å²) < 4.78 is 124. The van der Waals surface area contributed by atoms with Crippen molar-refractivity contribution in [1.82, 2.24) is 10.6 Å². The van der Waals surface area contributed by atoms with Crippen molar-refractivity contribution in [3.05, 3.63) is 34.9 Å². The molecule has 1 saturated heterocycles. The van der Waals surface area contributed by atoms with Gasteiger partial charge in [-0.2, -0.15) is 39.5 Å². The van der Waals surface area contributed by atoms with Gasteiger partial charge >= 0.3 is 18.5 Å². The van der Waals surface area contributed by atoms with E-state index >= 15 is 0 Å². The summed E-state index contributed by atoms with van der Waals surface area (Å²) in [7, 11) is 0. The van der Waals surface area contributed by atoms with E-state index in [0.717, 1.165) is 0 Å². The molecule has 1 amide bonds. The van der Waals surface area contributed by atoms with Gasteiger partial charge in [-0.05, 0) is 63.3 Å². The van der Waals surface area contributed by atoms with Crippen molar-refractivity contribution >= 4 is 5.91 Å². The van der Waals surface area contributed by atoms with Gasteiger partial charge in [-0.3, -0.25) is 4.79 Å². The number of carbonyl (C=O) groups excluding carboxylic acids is 1. The van der Waals surface area contributed by atoms with Crippen molar-refractivity contribution in [2.24, 2.45) is 11.3 Å². The maximum absolute atomic E-state index is 13.4. The SMILES string of the molecule is CC(C)(O)[C@]1(C(=O)NCc2cc(C(F)(F)F)cc(C(F)(F)F)c2)CC[C@@H](NC2CCOCC2C(F)(F)F)C1. The summed E-state index contributed by atoms with van der Waals surface area (Å²) in [5.41, 5.74) is -6.76. The standard InChI is InChI=1S/C24H29F9N2O3/c1-20(2,37)21(5-3-16(10-21)35-18-4-6-38-12-17(18)24(31,32)33)19(36)34-11-13-7-14(22(25,26)27)9-15(8-13)23(28,29)30/h7-9,16-18,35,37H,3-6,10-12H2,1-2H3,(H,34,36)/t16-,17?,18?,21-/m1/s1. The van der Waals surface area contributed by atoms with Gasteiger partial charge in [-0.1, -0.05) is 0 Å². The normalized spacial score (nSPS) is 27.4. The van der Waals surface area contributed by atoms with Crippen LogP contribution in [0.1, 0.15) is 56.2 Å². The summed E-state index contributed by atoms with van der Waals surface area (Å²) in [5, 5.41) is 16.1. The molecule has 0 spiro atoms. The molecule has 3 N–H and O–H groups in total. The van der Waals surface area contributed by atoms with Crippen LogP contribution in [0.2, 0.25) is 0 Å². The summed E-state index contributed by atoms with van der Waals surface area (Å²) in [6.45, 7) is 1.58. The highest BCUT2D eigenvalue weighted by atomic mass is 19.4. The van der Waals surface area contributed by atoms with Crippen LogP contribution in [0.3, 0.4) is 0 Å². The fourth-order valence-corrected chi connectivity index (χ4v) is 5.26. The molecule has 1 aliphatic heterocycles. The second kappa shape index (κ2) is 10.5. The van der Waals surface area contributed by atoms with Gasteiger partial charge in [0.25, 0.3) is 0 Å². The average molecular weight is 564 g/mol. The van der Waals surface area contributed by atoms with Crippen LogP contribution in [-0.4, -0.2) is 48.1 Å². The van der Waals surface area contributed by atoms with Gasteiger partial charge in [0.05, 0.1) is 34.7 Å². The maximum atomic E-state index is 13.4. The summed E-state index contributed by atoms with van der Waals surface area (Å²) in [6.07, 6.45) is -14.4. The number of hydrogen-bond donors (Lipinski definition) is 3. The van der Waals surface area contributed by atoms with Crippen LogP contribution >= 0.6 is 0 Å². The lowest BCUT2D eigenvalue weighted by Gasteiger charge is -2.40. The number of amides is 1. The Bertz CT molecular complexity index is 970. The predicted molar refractivity (Wildman–Crippen MR) is 117 cm³/mol. The first-order valence-corrected chi connectivity index (χ1v) is 11.9. The number of alkyl halides is 9. The van der Waals surface area contributed by atoms with E-state index in [1.165, 1.54) is 13.8 Å². The highest BCUT2D eigenvalue weighted by Crippen LogP contribution is 2.47. The lowest BCUT2D eigenvalue weighted by Crippen LogP contribution is -2.55. The van der Waals surface area contributed by atoms with Crippen LogP contribution in [-0.2, 0) is 28.4 Å². The maximum Gasteiger partial charge on any atom is 0.416 e. The molecule has 0 bridgehead atoms. The molecule has 216 valence electrons. The first kappa shape index (κ1) is 30.5. The molecule has 2 unspecified atom stereocenters. The molecule has 0 aromatic heterocycles. The molecule has 14 heteroatoms. The molecule has 4 atom stereocenters. The molecular formula is C24H29F9N2O3. The Labute approximate surface area is 213 Å². The highest BCUT2D eigenvalue weighted by Gasteiger charge is 2.55. The summed E-state index contributed by atoms with van der Waals surface area (Å²) in [4.78, 5) is 13.3. The summed E-state index contributed by atoms with van der Waals surface area (Å²) in [5.74, 6) is -2.58. The van der Waals surface area contributed by atoms with Gasteiger partial charge in [-0.25, -0.2) is 0 Å². The van der Waals surface area contributed by atoms with Crippen molar-refractivity contribution in [3.8, 4) is 0 Å². The Kier molecular flexibility index (Phi) is 8.41. The minimum atomic E-state index is -5.06. The van der Waals surface area contributed by atoms with Gasteiger partial charge in [0.2, 0.25) is 5.91 Å². The number of carbonyl (C=O) groups is 1. The molecule has 1 saturated carbocycles. The molecule has 1 aromatic rings. The number of benzene rings is 1. The fraction of sp³-hybridized carbons (Fsp3) is 0.708. The number of rotatable bonds is 6. The smallest absolute Gasteiger partial charge is 0.389 e. The first-order chi connectivity index (χ1) is 17.2. The lowest BCUT2D eigenvalue weighted by atomic mass is 9.71. The van der Waals surface area contributed by atoms with E-state index in [9.17, 15) is 49.4 Å². The van der Waals surface area contributed by atoms with Crippen LogP contribution in [0.5, 0.6) is 0 Å². The van der Waals surface area contributed by atoms with E-state index < -0.39 is 83.3 Å². The van der Waals surface area contributed by atoms with Gasteiger partial charge in [-0.15, -0.1) is 0 Å². The quantitative estimate of drug-likeness (QED) is 0.416. The predicted octanol–water partition coefficient (Wildman–Crippen LogP) is 5.21. The number of halogens is 9. The second-order valence-electron chi connectivity index (χ2n) is 10.5. The number of nitrogens with one attached hydrogen (secondary N) is 2. The van der Waals surface area contributed by atoms with E-state index in [0.29, 0.717) is 12.1 Å². The molecule has 38 heavy (non-hydrogen) atoms. The van der Waals surface area contributed by atoms with E-state index in [-0.39, 0.29) is 38.4 Å². The van der Waals surface area contributed by atoms with Crippen molar-refractivity contribution < 1.29 is 54.2 Å². The Hall–Kier alpha value is -2.06. The third kappa shape index (κ3) is 6.74. The fourth-order valence-electron chi connectivity index (χ4n) is 5.26.